The smallest absolute Gasteiger partial charge is 0.236 e. The summed E-state index contributed by atoms with van der Waals surface area (Å²) in [4.78, 5) is 26.1. The molecule has 4 nitrogen and oxygen atoms in total. The van der Waals surface area contributed by atoms with Gasteiger partial charge in [0.25, 0.3) is 0 Å². The Hall–Kier alpha value is -2.62. The monoisotopic (exact) mass is 310 g/mol. The van der Waals surface area contributed by atoms with Crippen LogP contribution < -0.4 is 10.2 Å². The summed E-state index contributed by atoms with van der Waals surface area (Å²) in [5.74, 6) is -0.507. The maximum atomic E-state index is 12.4. The van der Waals surface area contributed by atoms with Crippen LogP contribution in [0, 0.1) is 13.8 Å². The van der Waals surface area contributed by atoms with Crippen LogP contribution in [0.4, 0.5) is 11.4 Å². The summed E-state index contributed by atoms with van der Waals surface area (Å²) in [7, 11) is 0. The molecule has 0 saturated heterocycles. The highest BCUT2D eigenvalue weighted by molar-refractivity contribution is 6.09. The number of aryl methyl sites for hydroxylation is 2. The van der Waals surface area contributed by atoms with E-state index in [0.29, 0.717) is 12.2 Å². The molecule has 0 atom stereocenters. The van der Waals surface area contributed by atoms with Crippen LogP contribution in [-0.4, -0.2) is 18.4 Å². The van der Waals surface area contributed by atoms with Gasteiger partial charge < -0.3 is 10.2 Å². The van der Waals surface area contributed by atoms with Crippen LogP contribution in [-0.2, 0) is 9.59 Å². The van der Waals surface area contributed by atoms with Crippen LogP contribution in [0.1, 0.15) is 24.5 Å². The Kier molecular flexibility index (Phi) is 5.52. The molecule has 120 valence electrons. The van der Waals surface area contributed by atoms with Gasteiger partial charge in [-0.15, -0.1) is 0 Å². The highest BCUT2D eigenvalue weighted by Gasteiger charge is 2.17. The molecule has 2 aromatic carbocycles. The topological polar surface area (TPSA) is 49.4 Å². The number of benzene rings is 2. The molecule has 0 fully saturated rings. The van der Waals surface area contributed by atoms with Crippen molar-refractivity contribution < 1.29 is 9.59 Å². The molecule has 0 radical (unpaired) electrons. The largest absolute Gasteiger partial charge is 0.326 e. The van der Waals surface area contributed by atoms with Gasteiger partial charge in [-0.1, -0.05) is 29.8 Å². The standard InChI is InChI=1S/C19H22N2O2/c1-4-21(17-7-5-6-15(3)12-17)19(23)13-18(22)20-16-10-8-14(2)9-11-16/h5-12H,4,13H2,1-3H3,(H,20,22). The lowest BCUT2D eigenvalue weighted by Gasteiger charge is -2.21. The lowest BCUT2D eigenvalue weighted by atomic mass is 10.2. The first-order chi connectivity index (χ1) is 11.0. The van der Waals surface area contributed by atoms with E-state index in [4.69, 9.17) is 0 Å². The minimum Gasteiger partial charge on any atom is -0.326 e. The summed E-state index contributed by atoms with van der Waals surface area (Å²) < 4.78 is 0. The van der Waals surface area contributed by atoms with Crippen molar-refractivity contribution in [3.8, 4) is 0 Å². The molecule has 2 aromatic rings. The third-order valence-corrected chi connectivity index (χ3v) is 3.58. The Morgan fingerprint density at radius 3 is 2.30 bits per heavy atom. The molecular formula is C19H22N2O2. The first kappa shape index (κ1) is 16.7. The number of nitrogens with one attached hydrogen (secondary N) is 1. The number of rotatable bonds is 5. The van der Waals surface area contributed by atoms with Gasteiger partial charge in [0, 0.05) is 17.9 Å². The Morgan fingerprint density at radius 2 is 1.70 bits per heavy atom. The molecule has 4 heteroatoms. The molecule has 0 aliphatic rings. The zero-order chi connectivity index (χ0) is 16.8. The van der Waals surface area contributed by atoms with Crippen LogP contribution in [0.2, 0.25) is 0 Å². The van der Waals surface area contributed by atoms with E-state index in [2.05, 4.69) is 5.32 Å². The predicted molar refractivity (Wildman–Crippen MR) is 93.6 cm³/mol. The highest BCUT2D eigenvalue weighted by Crippen LogP contribution is 2.17. The molecule has 0 aromatic heterocycles. The van der Waals surface area contributed by atoms with Crippen LogP contribution >= 0.6 is 0 Å². The van der Waals surface area contributed by atoms with E-state index in [1.807, 2.05) is 69.3 Å². The SMILES string of the molecule is CCN(C(=O)CC(=O)Nc1ccc(C)cc1)c1cccc(C)c1. The van der Waals surface area contributed by atoms with E-state index in [0.717, 1.165) is 16.8 Å². The number of hydrogen-bond donors (Lipinski definition) is 1. The minimum absolute atomic E-state index is 0.171. The molecule has 0 heterocycles. The number of carbonyl (C=O) groups excluding carboxylic acids is 2. The number of hydrogen-bond acceptors (Lipinski definition) is 2. The van der Waals surface area contributed by atoms with E-state index in [9.17, 15) is 9.59 Å². The summed E-state index contributed by atoms with van der Waals surface area (Å²) in [6.07, 6.45) is -0.171. The molecule has 2 amide bonds. The number of nitrogens with zero attached hydrogens (tertiary/aromatic N) is 1. The molecular weight excluding hydrogens is 288 g/mol. The van der Waals surface area contributed by atoms with Crippen molar-refractivity contribution in [3.05, 3.63) is 59.7 Å². The maximum Gasteiger partial charge on any atom is 0.236 e. The average Bonchev–Trinajstić information content (AvgIpc) is 2.50. The Balaban J connectivity index is 2.01. The highest BCUT2D eigenvalue weighted by atomic mass is 16.2. The average molecular weight is 310 g/mol. The van der Waals surface area contributed by atoms with Crippen LogP contribution in [0.5, 0.6) is 0 Å². The molecule has 0 spiro atoms. The fourth-order valence-electron chi connectivity index (χ4n) is 2.37. The van der Waals surface area contributed by atoms with Gasteiger partial charge in [-0.05, 0) is 50.6 Å². The quantitative estimate of drug-likeness (QED) is 0.856. The van der Waals surface area contributed by atoms with Gasteiger partial charge in [0.1, 0.15) is 6.42 Å². The molecule has 2 rings (SSSR count). The summed E-state index contributed by atoms with van der Waals surface area (Å²) in [5, 5.41) is 2.76. The fraction of sp³-hybridized carbons (Fsp3) is 0.263. The van der Waals surface area contributed by atoms with E-state index in [-0.39, 0.29) is 18.2 Å². The van der Waals surface area contributed by atoms with Crippen molar-refractivity contribution in [2.75, 3.05) is 16.8 Å². The summed E-state index contributed by atoms with van der Waals surface area (Å²) in [6.45, 7) is 6.39. The predicted octanol–water partition coefficient (Wildman–Crippen LogP) is 3.69. The van der Waals surface area contributed by atoms with E-state index >= 15 is 0 Å². The van der Waals surface area contributed by atoms with E-state index in [1.54, 1.807) is 4.90 Å². The van der Waals surface area contributed by atoms with Crippen molar-refractivity contribution in [1.82, 2.24) is 0 Å². The van der Waals surface area contributed by atoms with Gasteiger partial charge in [0.05, 0.1) is 0 Å². The van der Waals surface area contributed by atoms with E-state index < -0.39 is 0 Å². The van der Waals surface area contributed by atoms with Crippen LogP contribution in [0.15, 0.2) is 48.5 Å². The van der Waals surface area contributed by atoms with Crippen molar-refractivity contribution in [3.63, 3.8) is 0 Å². The van der Waals surface area contributed by atoms with Gasteiger partial charge in [0.2, 0.25) is 11.8 Å². The van der Waals surface area contributed by atoms with E-state index in [1.165, 1.54) is 0 Å². The van der Waals surface area contributed by atoms with Gasteiger partial charge in [-0.2, -0.15) is 0 Å². The minimum atomic E-state index is -0.301. The zero-order valence-electron chi connectivity index (χ0n) is 13.8. The Labute approximate surface area is 137 Å². The number of anilines is 2. The zero-order valence-corrected chi connectivity index (χ0v) is 13.8. The lowest BCUT2D eigenvalue weighted by Crippen LogP contribution is -2.33. The Bertz CT molecular complexity index is 693. The molecule has 0 saturated carbocycles. The van der Waals surface area contributed by atoms with Gasteiger partial charge >= 0.3 is 0 Å². The third-order valence-electron chi connectivity index (χ3n) is 3.58. The molecule has 1 N–H and O–H groups in total. The second-order valence-electron chi connectivity index (χ2n) is 5.57. The summed E-state index contributed by atoms with van der Waals surface area (Å²) >= 11 is 0. The molecule has 23 heavy (non-hydrogen) atoms. The maximum absolute atomic E-state index is 12.4. The second-order valence-corrected chi connectivity index (χ2v) is 5.57. The molecule has 0 bridgehead atoms. The van der Waals surface area contributed by atoms with Crippen molar-refractivity contribution in [2.24, 2.45) is 0 Å². The Morgan fingerprint density at radius 1 is 1.00 bits per heavy atom. The number of carbonyl (C=O) groups is 2. The number of amides is 2. The molecule has 0 aliphatic heterocycles. The normalized spacial score (nSPS) is 10.2. The van der Waals surface area contributed by atoms with Crippen LogP contribution in [0.3, 0.4) is 0 Å². The van der Waals surface area contributed by atoms with Crippen molar-refractivity contribution in [1.29, 1.82) is 0 Å². The van der Waals surface area contributed by atoms with Gasteiger partial charge in [-0.3, -0.25) is 9.59 Å². The summed E-state index contributed by atoms with van der Waals surface area (Å²) in [5.41, 5.74) is 3.72. The molecule has 0 unspecified atom stereocenters. The third kappa shape index (κ3) is 4.68. The first-order valence-corrected chi connectivity index (χ1v) is 7.73. The van der Waals surface area contributed by atoms with Crippen molar-refractivity contribution in [2.45, 2.75) is 27.2 Å². The second kappa shape index (κ2) is 7.58. The molecule has 0 aliphatic carbocycles. The van der Waals surface area contributed by atoms with Gasteiger partial charge in [-0.25, -0.2) is 0 Å². The van der Waals surface area contributed by atoms with Gasteiger partial charge in [0.15, 0.2) is 0 Å². The summed E-state index contributed by atoms with van der Waals surface area (Å²) in [6, 6.07) is 15.2. The first-order valence-electron chi connectivity index (χ1n) is 7.73. The van der Waals surface area contributed by atoms with Crippen LogP contribution in [0.25, 0.3) is 0 Å². The fourth-order valence-corrected chi connectivity index (χ4v) is 2.37. The lowest BCUT2D eigenvalue weighted by molar-refractivity contribution is -0.125. The van der Waals surface area contributed by atoms with Crippen molar-refractivity contribution >= 4 is 23.2 Å².